The van der Waals surface area contributed by atoms with Crippen LogP contribution in [0, 0.1) is 0 Å². The van der Waals surface area contributed by atoms with E-state index in [-0.39, 0.29) is 6.04 Å². The van der Waals surface area contributed by atoms with Gasteiger partial charge >= 0.3 is 0 Å². The van der Waals surface area contributed by atoms with Gasteiger partial charge in [0.2, 0.25) is 0 Å². The summed E-state index contributed by atoms with van der Waals surface area (Å²) in [6, 6.07) is 24.8. The van der Waals surface area contributed by atoms with Crippen LogP contribution in [-0.4, -0.2) is 10.7 Å². The number of halogens is 2. The molecule has 5 heteroatoms. The number of rotatable bonds is 3. The number of benzene rings is 3. The van der Waals surface area contributed by atoms with Crippen LogP contribution in [0.3, 0.4) is 0 Å². The number of fused-ring (bicyclic) bond motifs is 1. The Balaban J connectivity index is 1.61. The summed E-state index contributed by atoms with van der Waals surface area (Å²) < 4.78 is 1.07. The van der Waals surface area contributed by atoms with E-state index >= 15 is 0 Å². The maximum Gasteiger partial charge on any atom is 0.0831 e. The van der Waals surface area contributed by atoms with Crippen LogP contribution in [0.5, 0.6) is 0 Å². The third-order valence-electron chi connectivity index (χ3n) is 5.14. The Kier molecular flexibility index (Phi) is 4.46. The van der Waals surface area contributed by atoms with Gasteiger partial charge < -0.3 is 4.98 Å². The first kappa shape index (κ1) is 17.5. The van der Waals surface area contributed by atoms with Gasteiger partial charge in [0, 0.05) is 38.6 Å². The number of H-pyrrole nitrogens is 1. The summed E-state index contributed by atoms with van der Waals surface area (Å²) >= 11 is 9.80. The molecule has 0 radical (unpaired) electrons. The normalized spacial score (nSPS) is 16.6. The number of nitrogens with zero attached hydrogens (tertiary/aromatic N) is 2. The molecule has 3 aromatic carbocycles. The van der Waals surface area contributed by atoms with Crippen molar-refractivity contribution in [2.45, 2.75) is 12.5 Å². The fraction of sp³-hybridized carbons (Fsp3) is 0.0870. The molecular formula is C23H17BrClN3. The molecule has 0 fully saturated rings. The second-order valence-corrected chi connectivity index (χ2v) is 8.24. The third-order valence-corrected chi connectivity index (χ3v) is 5.90. The quantitative estimate of drug-likeness (QED) is 0.360. The molecule has 0 saturated heterocycles. The van der Waals surface area contributed by atoms with E-state index in [1.165, 1.54) is 10.9 Å². The fourth-order valence-electron chi connectivity index (χ4n) is 3.78. The molecule has 5 rings (SSSR count). The summed E-state index contributed by atoms with van der Waals surface area (Å²) in [7, 11) is 0. The number of hydrazone groups is 1. The summed E-state index contributed by atoms with van der Waals surface area (Å²) in [6.45, 7) is 0. The lowest BCUT2D eigenvalue weighted by Gasteiger charge is -2.24. The van der Waals surface area contributed by atoms with Crippen molar-refractivity contribution in [2.24, 2.45) is 5.10 Å². The van der Waals surface area contributed by atoms with Crippen molar-refractivity contribution in [3.05, 3.63) is 99.6 Å². The zero-order chi connectivity index (χ0) is 19.1. The smallest absolute Gasteiger partial charge is 0.0831 e. The minimum atomic E-state index is 0.121. The van der Waals surface area contributed by atoms with E-state index in [1.807, 2.05) is 24.3 Å². The SMILES string of the molecule is Clc1cccc(N2N=C(c3c[nH]c4ccccc34)CC2c2ccc(Br)cc2)c1. The molecule has 1 N–H and O–H groups in total. The van der Waals surface area contributed by atoms with E-state index in [2.05, 4.69) is 80.7 Å². The van der Waals surface area contributed by atoms with Crippen molar-refractivity contribution in [1.82, 2.24) is 4.98 Å². The van der Waals surface area contributed by atoms with Crippen molar-refractivity contribution in [2.75, 3.05) is 5.01 Å². The first-order chi connectivity index (χ1) is 13.7. The van der Waals surface area contributed by atoms with Gasteiger partial charge in [-0.2, -0.15) is 5.10 Å². The Morgan fingerprint density at radius 2 is 1.82 bits per heavy atom. The van der Waals surface area contributed by atoms with Crippen LogP contribution in [0.4, 0.5) is 5.69 Å². The first-order valence-corrected chi connectivity index (χ1v) is 10.3. The monoisotopic (exact) mass is 449 g/mol. The lowest BCUT2D eigenvalue weighted by Crippen LogP contribution is -2.18. The Morgan fingerprint density at radius 3 is 2.64 bits per heavy atom. The molecule has 0 aliphatic carbocycles. The molecule has 1 aliphatic rings. The second-order valence-electron chi connectivity index (χ2n) is 6.89. The van der Waals surface area contributed by atoms with E-state index in [4.69, 9.17) is 16.7 Å². The minimum absolute atomic E-state index is 0.121. The molecule has 2 heterocycles. The summed E-state index contributed by atoms with van der Waals surface area (Å²) in [6.07, 6.45) is 2.89. The van der Waals surface area contributed by atoms with E-state index in [0.29, 0.717) is 5.02 Å². The van der Waals surface area contributed by atoms with Crippen LogP contribution < -0.4 is 5.01 Å². The zero-order valence-electron chi connectivity index (χ0n) is 14.9. The predicted octanol–water partition coefficient (Wildman–Crippen LogP) is 6.94. The highest BCUT2D eigenvalue weighted by molar-refractivity contribution is 9.10. The van der Waals surface area contributed by atoms with Gasteiger partial charge in [0.25, 0.3) is 0 Å². The van der Waals surface area contributed by atoms with E-state index in [1.54, 1.807) is 0 Å². The predicted molar refractivity (Wildman–Crippen MR) is 120 cm³/mol. The van der Waals surface area contributed by atoms with Crippen LogP contribution in [-0.2, 0) is 0 Å². The number of para-hydroxylation sites is 1. The van der Waals surface area contributed by atoms with Gasteiger partial charge in [0.05, 0.1) is 17.4 Å². The van der Waals surface area contributed by atoms with Crippen LogP contribution in [0.25, 0.3) is 10.9 Å². The lowest BCUT2D eigenvalue weighted by molar-refractivity contribution is 0.709. The summed E-state index contributed by atoms with van der Waals surface area (Å²) in [5.74, 6) is 0. The van der Waals surface area contributed by atoms with Crippen LogP contribution in [0.2, 0.25) is 5.02 Å². The van der Waals surface area contributed by atoms with Crippen molar-refractivity contribution < 1.29 is 0 Å². The molecule has 138 valence electrons. The number of anilines is 1. The molecule has 1 aromatic heterocycles. The van der Waals surface area contributed by atoms with E-state index < -0.39 is 0 Å². The standard InChI is InChI=1S/C23H17BrClN3/c24-16-10-8-15(9-11-16)23-13-22(20-14-26-21-7-2-1-6-19(20)21)27-28(23)18-5-3-4-17(25)12-18/h1-12,14,23,26H,13H2. The Labute approximate surface area is 176 Å². The van der Waals surface area contributed by atoms with Crippen molar-refractivity contribution >= 4 is 49.8 Å². The molecule has 0 saturated carbocycles. The van der Waals surface area contributed by atoms with Crippen molar-refractivity contribution in [1.29, 1.82) is 0 Å². The largest absolute Gasteiger partial charge is 0.360 e. The van der Waals surface area contributed by atoms with Crippen LogP contribution in [0.1, 0.15) is 23.6 Å². The Bertz CT molecular complexity index is 1180. The average molecular weight is 451 g/mol. The zero-order valence-corrected chi connectivity index (χ0v) is 17.3. The van der Waals surface area contributed by atoms with E-state index in [0.717, 1.165) is 33.4 Å². The van der Waals surface area contributed by atoms with Crippen molar-refractivity contribution in [3.63, 3.8) is 0 Å². The highest BCUT2D eigenvalue weighted by atomic mass is 79.9. The number of aromatic nitrogens is 1. The van der Waals surface area contributed by atoms with Gasteiger partial charge in [-0.1, -0.05) is 63.9 Å². The van der Waals surface area contributed by atoms with Gasteiger partial charge in [-0.3, -0.25) is 5.01 Å². The molecule has 0 spiro atoms. The van der Waals surface area contributed by atoms with E-state index in [9.17, 15) is 0 Å². The van der Waals surface area contributed by atoms with Gasteiger partial charge in [-0.25, -0.2) is 0 Å². The maximum atomic E-state index is 6.27. The Morgan fingerprint density at radius 1 is 1.00 bits per heavy atom. The molecular weight excluding hydrogens is 434 g/mol. The highest BCUT2D eigenvalue weighted by Crippen LogP contribution is 2.38. The summed E-state index contributed by atoms with van der Waals surface area (Å²) in [4.78, 5) is 3.36. The molecule has 0 amide bonds. The summed E-state index contributed by atoms with van der Waals surface area (Å²) in [5, 5.41) is 9.03. The number of aromatic amines is 1. The molecule has 1 unspecified atom stereocenters. The van der Waals surface area contributed by atoms with Crippen molar-refractivity contribution in [3.8, 4) is 0 Å². The van der Waals surface area contributed by atoms with Gasteiger partial charge in [-0.05, 0) is 42.0 Å². The third kappa shape index (κ3) is 3.13. The molecule has 4 aromatic rings. The molecule has 28 heavy (non-hydrogen) atoms. The van der Waals surface area contributed by atoms with Gasteiger partial charge in [-0.15, -0.1) is 0 Å². The number of nitrogens with one attached hydrogen (secondary N) is 1. The topological polar surface area (TPSA) is 31.4 Å². The fourth-order valence-corrected chi connectivity index (χ4v) is 4.23. The summed E-state index contributed by atoms with van der Waals surface area (Å²) in [5.41, 5.74) is 5.58. The molecule has 1 atom stereocenters. The minimum Gasteiger partial charge on any atom is -0.360 e. The highest BCUT2D eigenvalue weighted by Gasteiger charge is 2.31. The Hall–Kier alpha value is -2.56. The number of hydrogen-bond acceptors (Lipinski definition) is 2. The second kappa shape index (κ2) is 7.12. The maximum absolute atomic E-state index is 6.27. The lowest BCUT2D eigenvalue weighted by atomic mass is 9.98. The van der Waals surface area contributed by atoms with Crippen LogP contribution >= 0.6 is 27.5 Å². The van der Waals surface area contributed by atoms with Crippen LogP contribution in [0.15, 0.2) is 88.6 Å². The van der Waals surface area contributed by atoms with Gasteiger partial charge in [0.1, 0.15) is 0 Å². The molecule has 3 nitrogen and oxygen atoms in total. The van der Waals surface area contributed by atoms with Gasteiger partial charge in [0.15, 0.2) is 0 Å². The first-order valence-electron chi connectivity index (χ1n) is 9.13. The number of hydrogen-bond donors (Lipinski definition) is 1. The average Bonchev–Trinajstić information content (AvgIpc) is 3.33. The molecule has 0 bridgehead atoms. The molecule has 1 aliphatic heterocycles.